The average Bonchev–Trinajstić information content (AvgIpc) is 2.42. The first-order chi connectivity index (χ1) is 9.56. The first-order valence-corrected chi connectivity index (χ1v) is 6.83. The van der Waals surface area contributed by atoms with Gasteiger partial charge in [0.05, 0.1) is 15.5 Å². The second-order valence-corrected chi connectivity index (χ2v) is 4.68. The number of nitrogens with zero attached hydrogens (tertiary/aromatic N) is 1. The fraction of sp³-hybridized carbons (Fsp3) is 0.462. The molecule has 0 bridgehead atoms. The summed E-state index contributed by atoms with van der Waals surface area (Å²) >= 11 is 5.96. The molecule has 110 valence electrons. The van der Waals surface area contributed by atoms with Gasteiger partial charge in [0.15, 0.2) is 0 Å². The first-order valence-electron chi connectivity index (χ1n) is 6.45. The molecule has 1 rings (SSSR count). The third kappa shape index (κ3) is 5.14. The molecule has 2 N–H and O–H groups in total. The zero-order chi connectivity index (χ0) is 15.0. The number of nitro groups is 1. The molecule has 0 atom stereocenters. The zero-order valence-corrected chi connectivity index (χ0v) is 12.1. The van der Waals surface area contributed by atoms with Crippen molar-refractivity contribution in [1.29, 1.82) is 0 Å². The van der Waals surface area contributed by atoms with E-state index in [0.717, 1.165) is 6.42 Å². The largest absolute Gasteiger partial charge is 0.356 e. The van der Waals surface area contributed by atoms with Crippen molar-refractivity contribution in [1.82, 2.24) is 10.6 Å². The van der Waals surface area contributed by atoms with E-state index in [1.54, 1.807) is 12.1 Å². The molecule has 0 aliphatic heterocycles. The van der Waals surface area contributed by atoms with Gasteiger partial charge in [-0.15, -0.1) is 0 Å². The maximum Gasteiger partial charge on any atom is 0.275 e. The van der Waals surface area contributed by atoms with Gasteiger partial charge in [0, 0.05) is 32.1 Å². The second kappa shape index (κ2) is 8.50. The minimum atomic E-state index is -0.461. The number of carbonyl (C=O) groups is 1. The van der Waals surface area contributed by atoms with Gasteiger partial charge in [0.1, 0.15) is 0 Å². The normalized spacial score (nSPS) is 10.3. The Balaban J connectivity index is 2.46. The van der Waals surface area contributed by atoms with Crippen LogP contribution in [-0.2, 0) is 11.3 Å². The highest BCUT2D eigenvalue weighted by molar-refractivity contribution is 6.31. The van der Waals surface area contributed by atoms with E-state index in [9.17, 15) is 14.9 Å². The molecule has 0 aliphatic carbocycles. The van der Waals surface area contributed by atoms with E-state index in [2.05, 4.69) is 10.6 Å². The SMILES string of the molecule is CCCNC(=O)CCNCc1c(Cl)cccc1[N+](=O)[O-]. The van der Waals surface area contributed by atoms with Crippen molar-refractivity contribution in [2.45, 2.75) is 26.3 Å². The Morgan fingerprint density at radius 1 is 1.40 bits per heavy atom. The smallest absolute Gasteiger partial charge is 0.275 e. The van der Waals surface area contributed by atoms with E-state index < -0.39 is 4.92 Å². The van der Waals surface area contributed by atoms with Gasteiger partial charge in [-0.25, -0.2) is 0 Å². The van der Waals surface area contributed by atoms with Crippen molar-refractivity contribution in [3.8, 4) is 0 Å². The number of nitro benzene ring substituents is 1. The fourth-order valence-electron chi connectivity index (χ4n) is 1.66. The van der Waals surface area contributed by atoms with Crippen LogP contribution in [0, 0.1) is 10.1 Å². The van der Waals surface area contributed by atoms with Gasteiger partial charge in [-0.3, -0.25) is 14.9 Å². The summed E-state index contributed by atoms with van der Waals surface area (Å²) in [5.41, 5.74) is 0.425. The summed E-state index contributed by atoms with van der Waals surface area (Å²) in [5, 5.41) is 17.0. The van der Waals surface area contributed by atoms with Crippen LogP contribution in [0.1, 0.15) is 25.3 Å². The van der Waals surface area contributed by atoms with Gasteiger partial charge >= 0.3 is 0 Å². The Labute approximate surface area is 122 Å². The maximum atomic E-state index is 11.4. The van der Waals surface area contributed by atoms with Crippen molar-refractivity contribution in [2.75, 3.05) is 13.1 Å². The van der Waals surface area contributed by atoms with Crippen LogP contribution in [0.25, 0.3) is 0 Å². The fourth-order valence-corrected chi connectivity index (χ4v) is 1.90. The van der Waals surface area contributed by atoms with Gasteiger partial charge in [-0.05, 0) is 12.5 Å². The molecule has 1 aromatic carbocycles. The molecular weight excluding hydrogens is 282 g/mol. The van der Waals surface area contributed by atoms with Crippen LogP contribution in [0.4, 0.5) is 5.69 Å². The van der Waals surface area contributed by atoms with Gasteiger partial charge < -0.3 is 10.6 Å². The molecule has 1 aromatic rings. The summed E-state index contributed by atoms with van der Waals surface area (Å²) in [7, 11) is 0. The van der Waals surface area contributed by atoms with E-state index >= 15 is 0 Å². The maximum absolute atomic E-state index is 11.4. The molecule has 20 heavy (non-hydrogen) atoms. The lowest BCUT2D eigenvalue weighted by Gasteiger charge is -2.07. The highest BCUT2D eigenvalue weighted by atomic mass is 35.5. The molecule has 0 spiro atoms. The highest BCUT2D eigenvalue weighted by Crippen LogP contribution is 2.25. The highest BCUT2D eigenvalue weighted by Gasteiger charge is 2.15. The Hall–Kier alpha value is -1.66. The number of nitrogens with one attached hydrogen (secondary N) is 2. The van der Waals surface area contributed by atoms with Crippen molar-refractivity contribution in [2.24, 2.45) is 0 Å². The molecule has 0 aliphatic rings. The van der Waals surface area contributed by atoms with Gasteiger partial charge in [-0.1, -0.05) is 24.6 Å². The summed E-state index contributed by atoms with van der Waals surface area (Å²) in [6.45, 7) is 3.35. The molecule has 0 aromatic heterocycles. The van der Waals surface area contributed by atoms with E-state index in [1.807, 2.05) is 6.92 Å². The number of amides is 1. The van der Waals surface area contributed by atoms with Crippen LogP contribution in [0.15, 0.2) is 18.2 Å². The lowest BCUT2D eigenvalue weighted by molar-refractivity contribution is -0.385. The Morgan fingerprint density at radius 2 is 2.15 bits per heavy atom. The summed E-state index contributed by atoms with van der Waals surface area (Å²) in [6.07, 6.45) is 1.23. The molecule has 6 nitrogen and oxygen atoms in total. The number of halogens is 1. The summed E-state index contributed by atoms with van der Waals surface area (Å²) < 4.78 is 0. The number of carbonyl (C=O) groups excluding carboxylic acids is 1. The topological polar surface area (TPSA) is 84.3 Å². The Kier molecular flexibility index (Phi) is 6.97. The zero-order valence-electron chi connectivity index (χ0n) is 11.3. The van der Waals surface area contributed by atoms with Crippen LogP contribution in [0.3, 0.4) is 0 Å². The number of rotatable bonds is 8. The first kappa shape index (κ1) is 16.4. The van der Waals surface area contributed by atoms with Crippen molar-refractivity contribution in [3.05, 3.63) is 38.9 Å². The average molecular weight is 300 g/mol. The van der Waals surface area contributed by atoms with E-state index in [0.29, 0.717) is 30.1 Å². The number of hydrogen-bond donors (Lipinski definition) is 2. The molecular formula is C13H18ClN3O3. The Morgan fingerprint density at radius 3 is 2.80 bits per heavy atom. The summed E-state index contributed by atoms with van der Waals surface area (Å²) in [6, 6.07) is 4.57. The van der Waals surface area contributed by atoms with Gasteiger partial charge in [0.2, 0.25) is 5.91 Å². The van der Waals surface area contributed by atoms with E-state index in [-0.39, 0.29) is 18.1 Å². The van der Waals surface area contributed by atoms with Crippen LogP contribution in [0.2, 0.25) is 5.02 Å². The minimum absolute atomic E-state index is 0.0135. The monoisotopic (exact) mass is 299 g/mol. The number of hydrogen-bond acceptors (Lipinski definition) is 4. The Bertz CT molecular complexity index is 480. The molecule has 1 amide bonds. The summed E-state index contributed by atoms with van der Waals surface area (Å²) in [5.74, 6) is -0.0343. The van der Waals surface area contributed by atoms with Crippen molar-refractivity contribution in [3.63, 3.8) is 0 Å². The third-order valence-corrected chi connectivity index (χ3v) is 3.05. The van der Waals surface area contributed by atoms with Crippen LogP contribution >= 0.6 is 11.6 Å². The molecule has 0 unspecified atom stereocenters. The lowest BCUT2D eigenvalue weighted by Crippen LogP contribution is -2.28. The molecule has 0 heterocycles. The van der Waals surface area contributed by atoms with Crippen LogP contribution < -0.4 is 10.6 Å². The molecule has 0 radical (unpaired) electrons. The standard InChI is InChI=1S/C13H18ClN3O3/c1-2-7-16-13(18)6-8-15-9-10-11(14)4-3-5-12(10)17(19)20/h3-5,15H,2,6-9H2,1H3,(H,16,18). The van der Waals surface area contributed by atoms with Gasteiger partial charge in [-0.2, -0.15) is 0 Å². The van der Waals surface area contributed by atoms with Crippen molar-refractivity contribution < 1.29 is 9.72 Å². The van der Waals surface area contributed by atoms with Crippen molar-refractivity contribution >= 4 is 23.2 Å². The predicted molar refractivity (Wildman–Crippen MR) is 77.7 cm³/mol. The number of benzene rings is 1. The van der Waals surface area contributed by atoms with Crippen LogP contribution in [0.5, 0.6) is 0 Å². The molecule has 7 heteroatoms. The molecule has 0 saturated carbocycles. The third-order valence-electron chi connectivity index (χ3n) is 2.69. The minimum Gasteiger partial charge on any atom is -0.356 e. The predicted octanol–water partition coefficient (Wildman–Crippen LogP) is 2.25. The van der Waals surface area contributed by atoms with E-state index in [1.165, 1.54) is 6.07 Å². The molecule has 0 fully saturated rings. The van der Waals surface area contributed by atoms with Gasteiger partial charge in [0.25, 0.3) is 5.69 Å². The van der Waals surface area contributed by atoms with Crippen LogP contribution in [-0.4, -0.2) is 23.9 Å². The summed E-state index contributed by atoms with van der Waals surface area (Å²) in [4.78, 5) is 21.8. The molecule has 0 saturated heterocycles. The quantitative estimate of drug-likeness (QED) is 0.438. The van der Waals surface area contributed by atoms with E-state index in [4.69, 9.17) is 11.6 Å². The lowest BCUT2D eigenvalue weighted by atomic mass is 10.2. The second-order valence-electron chi connectivity index (χ2n) is 4.27.